The number of carbonyl (C=O) groups is 3. The first-order valence-corrected chi connectivity index (χ1v) is 13.5. The van der Waals surface area contributed by atoms with Gasteiger partial charge in [0.1, 0.15) is 11.6 Å². The second-order valence-corrected chi connectivity index (χ2v) is 11.2. The Bertz CT molecular complexity index is 1230. The average Bonchev–Trinajstić information content (AvgIpc) is 3.47. The Labute approximate surface area is 223 Å². The van der Waals surface area contributed by atoms with Crippen LogP contribution in [0.15, 0.2) is 48.5 Å². The van der Waals surface area contributed by atoms with E-state index < -0.39 is 35.1 Å². The van der Waals surface area contributed by atoms with Crippen molar-refractivity contribution in [3.63, 3.8) is 0 Å². The third-order valence-electron chi connectivity index (χ3n) is 8.86. The Morgan fingerprint density at radius 3 is 2.39 bits per heavy atom. The zero-order chi connectivity index (χ0) is 27.2. The number of nitrogens with one attached hydrogen (secondary N) is 2. The molecule has 3 fully saturated rings. The Hall–Kier alpha value is -3.23. The molecule has 202 valence electrons. The van der Waals surface area contributed by atoms with Crippen LogP contribution >= 0.6 is 0 Å². The Morgan fingerprint density at radius 1 is 1.08 bits per heavy atom. The van der Waals surface area contributed by atoms with Gasteiger partial charge in [0.2, 0.25) is 17.7 Å². The summed E-state index contributed by atoms with van der Waals surface area (Å²) in [6.07, 6.45) is 1.53. The highest BCUT2D eigenvalue weighted by Crippen LogP contribution is 2.63. The molecule has 3 saturated heterocycles. The molecular weight excluding hydrogens is 482 g/mol. The minimum absolute atomic E-state index is 0.246. The predicted octanol–water partition coefficient (Wildman–Crippen LogP) is 3.09. The molecule has 6 atom stereocenters. The number of hydrogen-bond acceptors (Lipinski definition) is 5. The second kappa shape index (κ2) is 9.82. The van der Waals surface area contributed by atoms with E-state index in [0.29, 0.717) is 31.5 Å². The third kappa shape index (κ3) is 4.01. The SMILES string of the molecule is CC[C@@H](CO)N1C(=O)[C@@H]2[C@H](C(=O)NCc3ccccc3)[C@]3(C)CCC2(O3)C1C(=O)Nc1c(C)cccc1C. The molecule has 0 radical (unpaired) electrons. The van der Waals surface area contributed by atoms with Crippen LogP contribution in [0.1, 0.15) is 49.8 Å². The molecule has 1 spiro atoms. The molecule has 3 heterocycles. The van der Waals surface area contributed by atoms with Gasteiger partial charge >= 0.3 is 0 Å². The summed E-state index contributed by atoms with van der Waals surface area (Å²) in [6.45, 7) is 7.68. The van der Waals surface area contributed by atoms with Crippen LogP contribution in [0.2, 0.25) is 0 Å². The largest absolute Gasteiger partial charge is 0.394 e. The first-order valence-electron chi connectivity index (χ1n) is 13.5. The minimum Gasteiger partial charge on any atom is -0.394 e. The molecule has 0 aliphatic carbocycles. The molecule has 2 unspecified atom stereocenters. The summed E-state index contributed by atoms with van der Waals surface area (Å²) in [5.41, 5.74) is 1.51. The maximum absolute atomic E-state index is 14.1. The monoisotopic (exact) mass is 519 g/mol. The van der Waals surface area contributed by atoms with Gasteiger partial charge in [0.05, 0.1) is 30.1 Å². The van der Waals surface area contributed by atoms with E-state index in [1.54, 1.807) is 0 Å². The smallest absolute Gasteiger partial charge is 0.250 e. The molecule has 3 N–H and O–H groups in total. The lowest BCUT2D eigenvalue weighted by Gasteiger charge is -2.36. The van der Waals surface area contributed by atoms with E-state index >= 15 is 0 Å². The molecule has 2 bridgehead atoms. The number of carbonyl (C=O) groups excluding carboxylic acids is 3. The molecule has 3 amide bonds. The van der Waals surface area contributed by atoms with Crippen LogP contribution in [0.25, 0.3) is 0 Å². The van der Waals surface area contributed by atoms with Crippen molar-refractivity contribution in [1.82, 2.24) is 10.2 Å². The van der Waals surface area contributed by atoms with Crippen molar-refractivity contribution in [1.29, 1.82) is 0 Å². The van der Waals surface area contributed by atoms with E-state index in [-0.39, 0.29) is 24.3 Å². The van der Waals surface area contributed by atoms with Gasteiger partial charge in [0.25, 0.3) is 0 Å². The van der Waals surface area contributed by atoms with E-state index in [4.69, 9.17) is 4.74 Å². The van der Waals surface area contributed by atoms with Gasteiger partial charge in [0, 0.05) is 12.2 Å². The molecule has 8 heteroatoms. The van der Waals surface area contributed by atoms with E-state index in [2.05, 4.69) is 10.6 Å². The van der Waals surface area contributed by atoms with Crippen molar-refractivity contribution >= 4 is 23.4 Å². The molecule has 0 saturated carbocycles. The fourth-order valence-corrected chi connectivity index (χ4v) is 6.97. The van der Waals surface area contributed by atoms with E-state index in [1.807, 2.05) is 76.2 Å². The number of nitrogens with zero attached hydrogens (tertiary/aromatic N) is 1. The van der Waals surface area contributed by atoms with Crippen LogP contribution in [0, 0.1) is 25.7 Å². The van der Waals surface area contributed by atoms with Crippen molar-refractivity contribution in [2.45, 2.75) is 76.8 Å². The Balaban J connectivity index is 1.51. The highest BCUT2D eigenvalue weighted by Gasteiger charge is 2.78. The van der Waals surface area contributed by atoms with Crippen LogP contribution in [-0.2, 0) is 25.7 Å². The molecule has 0 aromatic heterocycles. The standard InChI is InChI=1S/C30H37N3O5/c1-5-21(17-34)33-25(27(36)32-24-18(2)10-9-11-19(24)3)30-15-14-29(4,38-30)22(23(30)28(33)37)26(35)31-16-20-12-7-6-8-13-20/h6-13,21-23,25,34H,5,14-17H2,1-4H3,(H,31,35)(H,32,36)/t21-,22+,23-,25?,29-,30?/m0/s1. The topological polar surface area (TPSA) is 108 Å². The molecule has 8 nitrogen and oxygen atoms in total. The average molecular weight is 520 g/mol. The summed E-state index contributed by atoms with van der Waals surface area (Å²) >= 11 is 0. The summed E-state index contributed by atoms with van der Waals surface area (Å²) in [7, 11) is 0. The van der Waals surface area contributed by atoms with Crippen molar-refractivity contribution in [3.05, 3.63) is 65.2 Å². The van der Waals surface area contributed by atoms with Gasteiger partial charge < -0.3 is 25.4 Å². The van der Waals surface area contributed by atoms with Crippen molar-refractivity contribution in [2.24, 2.45) is 11.8 Å². The third-order valence-corrected chi connectivity index (χ3v) is 8.86. The maximum Gasteiger partial charge on any atom is 0.250 e. The summed E-state index contributed by atoms with van der Waals surface area (Å²) in [4.78, 5) is 43.4. The lowest BCUT2D eigenvalue weighted by molar-refractivity contribution is -0.148. The molecule has 5 rings (SSSR count). The number of aliphatic hydroxyl groups excluding tert-OH is 1. The first-order chi connectivity index (χ1) is 18.2. The summed E-state index contributed by atoms with van der Waals surface area (Å²) in [6, 6.07) is 13.9. The number of ether oxygens (including phenoxy) is 1. The second-order valence-electron chi connectivity index (χ2n) is 11.2. The molecular formula is C30H37N3O5. The van der Waals surface area contributed by atoms with Crippen LogP contribution in [-0.4, -0.2) is 57.6 Å². The molecule has 2 aromatic rings. The van der Waals surface area contributed by atoms with Crippen LogP contribution in [0.5, 0.6) is 0 Å². The van der Waals surface area contributed by atoms with E-state index in [1.165, 1.54) is 4.90 Å². The van der Waals surface area contributed by atoms with Crippen molar-refractivity contribution in [2.75, 3.05) is 11.9 Å². The van der Waals surface area contributed by atoms with Crippen LogP contribution in [0.4, 0.5) is 5.69 Å². The molecule has 3 aliphatic heterocycles. The molecule has 3 aliphatic rings. The number of amides is 3. The van der Waals surface area contributed by atoms with Gasteiger partial charge in [-0.3, -0.25) is 14.4 Å². The van der Waals surface area contributed by atoms with E-state index in [0.717, 1.165) is 16.7 Å². The number of anilines is 1. The number of para-hydroxylation sites is 1. The summed E-state index contributed by atoms with van der Waals surface area (Å²) in [5, 5.41) is 16.3. The lowest BCUT2D eigenvalue weighted by atomic mass is 9.66. The minimum atomic E-state index is -1.14. The maximum atomic E-state index is 14.1. The van der Waals surface area contributed by atoms with Gasteiger partial charge in [0.15, 0.2) is 0 Å². The fourth-order valence-electron chi connectivity index (χ4n) is 6.97. The Kier molecular flexibility index (Phi) is 6.82. The fraction of sp³-hybridized carbons (Fsp3) is 0.500. The van der Waals surface area contributed by atoms with Crippen LogP contribution in [0.3, 0.4) is 0 Å². The summed E-state index contributed by atoms with van der Waals surface area (Å²) in [5.74, 6) is -2.42. The number of hydrogen-bond donors (Lipinski definition) is 3. The van der Waals surface area contributed by atoms with Crippen molar-refractivity contribution in [3.8, 4) is 0 Å². The van der Waals surface area contributed by atoms with Gasteiger partial charge in [-0.05, 0) is 56.7 Å². The van der Waals surface area contributed by atoms with E-state index in [9.17, 15) is 19.5 Å². The van der Waals surface area contributed by atoms with Crippen LogP contribution < -0.4 is 10.6 Å². The first kappa shape index (κ1) is 26.4. The zero-order valence-electron chi connectivity index (χ0n) is 22.5. The highest BCUT2D eigenvalue weighted by molar-refractivity contribution is 6.04. The number of fused-ring (bicyclic) bond motifs is 1. The Morgan fingerprint density at radius 2 is 1.76 bits per heavy atom. The number of aliphatic hydroxyl groups is 1. The predicted molar refractivity (Wildman–Crippen MR) is 143 cm³/mol. The number of aryl methyl sites for hydroxylation is 2. The number of benzene rings is 2. The van der Waals surface area contributed by atoms with Crippen molar-refractivity contribution < 1.29 is 24.2 Å². The number of rotatable bonds is 8. The number of likely N-dealkylation sites (tertiary alicyclic amines) is 1. The molecule has 38 heavy (non-hydrogen) atoms. The summed E-state index contributed by atoms with van der Waals surface area (Å²) < 4.78 is 6.66. The van der Waals surface area contributed by atoms with Gasteiger partial charge in [-0.1, -0.05) is 55.5 Å². The van der Waals surface area contributed by atoms with Gasteiger partial charge in [-0.2, -0.15) is 0 Å². The zero-order valence-corrected chi connectivity index (χ0v) is 22.5. The normalized spacial score (nSPS) is 30.3. The quantitative estimate of drug-likeness (QED) is 0.497. The lowest BCUT2D eigenvalue weighted by Crippen LogP contribution is -2.56. The highest BCUT2D eigenvalue weighted by atomic mass is 16.5. The molecule has 2 aromatic carbocycles. The van der Waals surface area contributed by atoms with Gasteiger partial charge in [-0.25, -0.2) is 0 Å². The van der Waals surface area contributed by atoms with Gasteiger partial charge in [-0.15, -0.1) is 0 Å².